The highest BCUT2D eigenvalue weighted by molar-refractivity contribution is 5.92. The van der Waals surface area contributed by atoms with Crippen molar-refractivity contribution in [3.05, 3.63) is 89.6 Å². The van der Waals surface area contributed by atoms with Crippen LogP contribution >= 0.6 is 0 Å². The molecule has 126 valence electrons. The van der Waals surface area contributed by atoms with E-state index in [1.807, 2.05) is 30.3 Å². The van der Waals surface area contributed by atoms with Gasteiger partial charge in [0.25, 0.3) is 5.91 Å². The van der Waals surface area contributed by atoms with Crippen LogP contribution in [0.2, 0.25) is 0 Å². The summed E-state index contributed by atoms with van der Waals surface area (Å²) in [7, 11) is 1.45. The van der Waals surface area contributed by atoms with E-state index in [9.17, 15) is 9.18 Å². The lowest BCUT2D eigenvalue weighted by molar-refractivity contribution is 0.0936. The van der Waals surface area contributed by atoms with Crippen LogP contribution < -0.4 is 10.1 Å². The first-order valence-corrected chi connectivity index (χ1v) is 7.64. The van der Waals surface area contributed by atoms with Gasteiger partial charge < -0.3 is 10.1 Å². The number of carbonyl (C=O) groups excluding carboxylic acids is 1. The number of rotatable bonds is 5. The lowest BCUT2D eigenvalue weighted by atomic mass is 9.98. The fraction of sp³-hybridized carbons (Fsp3) is 0.105. The predicted molar refractivity (Wildman–Crippen MR) is 90.7 cm³/mol. The fourth-order valence-corrected chi connectivity index (χ4v) is 2.45. The van der Waals surface area contributed by atoms with E-state index in [1.165, 1.54) is 31.6 Å². The first-order valence-electron chi connectivity index (χ1n) is 7.64. The minimum atomic E-state index is -0.516. The Hall–Kier alpha value is -3.28. The minimum Gasteiger partial charge on any atom is -0.480 e. The maximum Gasteiger partial charge on any atom is 0.272 e. The van der Waals surface area contributed by atoms with Crippen molar-refractivity contribution < 1.29 is 13.9 Å². The van der Waals surface area contributed by atoms with Gasteiger partial charge in [-0.25, -0.2) is 9.37 Å². The topological polar surface area (TPSA) is 64.1 Å². The molecule has 1 unspecified atom stereocenters. The number of amides is 1. The Balaban J connectivity index is 1.93. The second-order valence-corrected chi connectivity index (χ2v) is 5.32. The van der Waals surface area contributed by atoms with E-state index in [2.05, 4.69) is 15.3 Å². The summed E-state index contributed by atoms with van der Waals surface area (Å²) in [4.78, 5) is 20.6. The Morgan fingerprint density at radius 2 is 1.84 bits per heavy atom. The number of nitrogens with zero attached hydrogens (tertiary/aromatic N) is 2. The van der Waals surface area contributed by atoms with E-state index in [0.717, 1.165) is 5.56 Å². The average Bonchev–Trinajstić information content (AvgIpc) is 2.66. The zero-order valence-corrected chi connectivity index (χ0v) is 13.5. The normalized spacial score (nSPS) is 11.6. The summed E-state index contributed by atoms with van der Waals surface area (Å²) in [6, 6.07) is 14.9. The molecule has 0 aliphatic rings. The van der Waals surface area contributed by atoms with Crippen LogP contribution in [0.5, 0.6) is 5.88 Å². The Bertz CT molecular complexity index is 871. The third-order valence-electron chi connectivity index (χ3n) is 3.64. The minimum absolute atomic E-state index is 0.122. The maximum absolute atomic E-state index is 13.7. The highest BCUT2D eigenvalue weighted by Gasteiger charge is 2.19. The van der Waals surface area contributed by atoms with Crippen LogP contribution in [0.3, 0.4) is 0 Å². The summed E-state index contributed by atoms with van der Waals surface area (Å²) < 4.78 is 18.6. The number of nitrogens with one attached hydrogen (secondary N) is 1. The summed E-state index contributed by atoms with van der Waals surface area (Å²) in [5, 5.41) is 2.88. The Kier molecular flexibility index (Phi) is 4.99. The second kappa shape index (κ2) is 7.53. The van der Waals surface area contributed by atoms with Gasteiger partial charge >= 0.3 is 0 Å². The van der Waals surface area contributed by atoms with Crippen LogP contribution in [-0.2, 0) is 0 Å². The number of methoxy groups -OCH3 is 1. The van der Waals surface area contributed by atoms with E-state index >= 15 is 0 Å². The van der Waals surface area contributed by atoms with Gasteiger partial charge in [0.15, 0.2) is 0 Å². The van der Waals surface area contributed by atoms with E-state index in [0.29, 0.717) is 5.56 Å². The molecular formula is C19H16FN3O2. The number of benzene rings is 2. The molecule has 1 heterocycles. The number of carbonyl (C=O) groups is 1. The van der Waals surface area contributed by atoms with Crippen molar-refractivity contribution in [3.8, 4) is 5.88 Å². The molecule has 0 saturated heterocycles. The molecular weight excluding hydrogens is 321 g/mol. The molecule has 0 saturated carbocycles. The summed E-state index contributed by atoms with van der Waals surface area (Å²) in [6.07, 6.45) is 2.77. The summed E-state index contributed by atoms with van der Waals surface area (Å²) in [6.45, 7) is 0. The van der Waals surface area contributed by atoms with Crippen LogP contribution in [-0.4, -0.2) is 23.0 Å². The molecule has 0 bridgehead atoms. The molecule has 6 heteroatoms. The van der Waals surface area contributed by atoms with Crippen molar-refractivity contribution in [2.24, 2.45) is 0 Å². The molecule has 3 rings (SSSR count). The fourth-order valence-electron chi connectivity index (χ4n) is 2.45. The van der Waals surface area contributed by atoms with Crippen LogP contribution in [0.25, 0.3) is 0 Å². The Morgan fingerprint density at radius 1 is 1.08 bits per heavy atom. The molecule has 0 aliphatic heterocycles. The molecule has 2 aromatic carbocycles. The molecule has 1 aromatic heterocycles. The number of hydrogen-bond donors (Lipinski definition) is 1. The van der Waals surface area contributed by atoms with Crippen molar-refractivity contribution >= 4 is 5.91 Å². The van der Waals surface area contributed by atoms with Crippen molar-refractivity contribution in [1.29, 1.82) is 0 Å². The lowest BCUT2D eigenvalue weighted by Crippen LogP contribution is -2.30. The van der Waals surface area contributed by atoms with E-state index in [1.54, 1.807) is 12.1 Å². The average molecular weight is 337 g/mol. The monoisotopic (exact) mass is 337 g/mol. The number of halogens is 1. The molecule has 25 heavy (non-hydrogen) atoms. The molecule has 0 spiro atoms. The summed E-state index contributed by atoms with van der Waals surface area (Å²) >= 11 is 0. The van der Waals surface area contributed by atoms with Crippen LogP contribution in [0.1, 0.15) is 27.7 Å². The predicted octanol–water partition coefficient (Wildman–Crippen LogP) is 3.14. The van der Waals surface area contributed by atoms with Gasteiger partial charge in [-0.2, -0.15) is 0 Å². The van der Waals surface area contributed by atoms with Crippen molar-refractivity contribution in [1.82, 2.24) is 15.3 Å². The van der Waals surface area contributed by atoms with Crippen molar-refractivity contribution in [2.45, 2.75) is 6.04 Å². The molecule has 1 N–H and O–H groups in total. The largest absolute Gasteiger partial charge is 0.480 e. The first kappa shape index (κ1) is 16.6. The Labute approximate surface area is 144 Å². The standard InChI is InChI=1S/C19H16FN3O2/c1-25-17-12-21-11-16(22-17)19(24)23-18(13-6-3-2-4-7-13)14-8-5-9-15(20)10-14/h2-12,18H,1H3,(H,23,24). The molecule has 1 amide bonds. The van der Waals surface area contributed by atoms with Gasteiger partial charge in [-0.1, -0.05) is 42.5 Å². The van der Waals surface area contributed by atoms with Gasteiger partial charge in [0.05, 0.1) is 25.5 Å². The molecule has 1 atom stereocenters. The van der Waals surface area contributed by atoms with Gasteiger partial charge in [0, 0.05) is 0 Å². The SMILES string of the molecule is COc1cncc(C(=O)NC(c2ccccc2)c2cccc(F)c2)n1. The number of ether oxygens (including phenoxy) is 1. The first-order chi connectivity index (χ1) is 12.2. The van der Waals surface area contributed by atoms with E-state index < -0.39 is 11.9 Å². The zero-order valence-electron chi connectivity index (χ0n) is 13.5. The number of hydrogen-bond acceptors (Lipinski definition) is 4. The Morgan fingerprint density at radius 3 is 2.56 bits per heavy atom. The van der Waals surface area contributed by atoms with Crippen LogP contribution in [0, 0.1) is 5.82 Å². The molecule has 0 radical (unpaired) electrons. The maximum atomic E-state index is 13.7. The zero-order chi connectivity index (χ0) is 17.6. The molecule has 0 aliphatic carbocycles. The van der Waals surface area contributed by atoms with Gasteiger partial charge in [-0.15, -0.1) is 0 Å². The summed E-state index contributed by atoms with van der Waals surface area (Å²) in [5.41, 5.74) is 1.59. The second-order valence-electron chi connectivity index (χ2n) is 5.32. The lowest BCUT2D eigenvalue weighted by Gasteiger charge is -2.19. The van der Waals surface area contributed by atoms with Crippen LogP contribution in [0.4, 0.5) is 4.39 Å². The molecule has 5 nitrogen and oxygen atoms in total. The third-order valence-corrected chi connectivity index (χ3v) is 3.64. The van der Waals surface area contributed by atoms with E-state index in [-0.39, 0.29) is 17.4 Å². The quantitative estimate of drug-likeness (QED) is 0.777. The van der Waals surface area contributed by atoms with Gasteiger partial charge in [0.2, 0.25) is 5.88 Å². The summed E-state index contributed by atoms with van der Waals surface area (Å²) in [5.74, 6) is -0.548. The molecule has 3 aromatic rings. The van der Waals surface area contributed by atoms with Crippen LogP contribution in [0.15, 0.2) is 67.0 Å². The van der Waals surface area contributed by atoms with Crippen molar-refractivity contribution in [2.75, 3.05) is 7.11 Å². The van der Waals surface area contributed by atoms with Gasteiger partial charge in [-0.05, 0) is 23.3 Å². The highest BCUT2D eigenvalue weighted by Crippen LogP contribution is 2.23. The number of aromatic nitrogens is 2. The van der Waals surface area contributed by atoms with Crippen molar-refractivity contribution in [3.63, 3.8) is 0 Å². The van der Waals surface area contributed by atoms with E-state index in [4.69, 9.17) is 4.74 Å². The third kappa shape index (κ3) is 3.98. The molecule has 0 fully saturated rings. The van der Waals surface area contributed by atoms with Gasteiger partial charge in [-0.3, -0.25) is 9.78 Å². The van der Waals surface area contributed by atoms with Gasteiger partial charge in [0.1, 0.15) is 11.5 Å². The smallest absolute Gasteiger partial charge is 0.272 e. The highest BCUT2D eigenvalue weighted by atomic mass is 19.1.